The Morgan fingerprint density at radius 3 is 2.65 bits per heavy atom. The fourth-order valence-electron chi connectivity index (χ4n) is 1.37. The summed E-state index contributed by atoms with van der Waals surface area (Å²) in [5.74, 6) is 0.175. The molecule has 5 heteroatoms. The van der Waals surface area contributed by atoms with E-state index in [4.69, 9.17) is 9.47 Å². The third-order valence-corrected chi connectivity index (χ3v) is 2.40. The Bertz CT molecular complexity index is 468. The van der Waals surface area contributed by atoms with Crippen LogP contribution in [-0.2, 0) is 4.79 Å². The van der Waals surface area contributed by atoms with Crippen LogP contribution in [0.1, 0.15) is 24.2 Å². The Morgan fingerprint density at radius 2 is 1.94 bits per heavy atom. The van der Waals surface area contributed by atoms with Crippen LogP contribution in [-0.4, -0.2) is 18.6 Å². The summed E-state index contributed by atoms with van der Waals surface area (Å²) in [7, 11) is 0. The number of carbonyl (C=O) groups is 2. The fourth-order valence-corrected chi connectivity index (χ4v) is 1.37. The zero-order valence-electron chi connectivity index (χ0n) is 9.65. The topological polar surface area (TPSA) is 64.6 Å². The number of hydrogen-bond donors (Lipinski definition) is 1. The number of benzene rings is 1. The van der Waals surface area contributed by atoms with E-state index >= 15 is 0 Å². The van der Waals surface area contributed by atoms with E-state index in [1.54, 1.807) is 32.0 Å². The molecule has 0 atom stereocenters. The van der Waals surface area contributed by atoms with Gasteiger partial charge in [-0.1, -0.05) is 13.8 Å². The van der Waals surface area contributed by atoms with Gasteiger partial charge in [-0.15, -0.1) is 0 Å². The highest BCUT2D eigenvalue weighted by Crippen LogP contribution is 2.32. The summed E-state index contributed by atoms with van der Waals surface area (Å²) in [6.45, 7) is 3.61. The Hall–Kier alpha value is -2.04. The number of rotatable bonds is 2. The van der Waals surface area contributed by atoms with Crippen molar-refractivity contribution in [3.05, 3.63) is 23.8 Å². The van der Waals surface area contributed by atoms with Crippen LogP contribution in [0.4, 0.5) is 0 Å². The summed E-state index contributed by atoms with van der Waals surface area (Å²) in [4.78, 5) is 23.1. The number of ether oxygens (including phenoxy) is 2. The molecule has 0 unspecified atom stereocenters. The monoisotopic (exact) mass is 235 g/mol. The number of nitrogens with one attached hydrogen (secondary N) is 1. The Labute approximate surface area is 98.7 Å². The van der Waals surface area contributed by atoms with Gasteiger partial charge in [-0.3, -0.25) is 14.9 Å². The van der Waals surface area contributed by atoms with Crippen LogP contribution >= 0.6 is 0 Å². The second-order valence-electron chi connectivity index (χ2n) is 4.04. The van der Waals surface area contributed by atoms with Crippen LogP contribution in [0.15, 0.2) is 18.2 Å². The van der Waals surface area contributed by atoms with E-state index in [0.717, 1.165) is 0 Å². The lowest BCUT2D eigenvalue weighted by Crippen LogP contribution is -2.33. The Balaban J connectivity index is 2.12. The zero-order valence-corrected chi connectivity index (χ0v) is 9.65. The third kappa shape index (κ3) is 2.38. The summed E-state index contributed by atoms with van der Waals surface area (Å²) in [6.07, 6.45) is 0. The second kappa shape index (κ2) is 4.45. The first-order valence-corrected chi connectivity index (χ1v) is 5.33. The quantitative estimate of drug-likeness (QED) is 0.839. The summed E-state index contributed by atoms with van der Waals surface area (Å²) in [6, 6.07) is 4.80. The second-order valence-corrected chi connectivity index (χ2v) is 4.04. The smallest absolute Gasteiger partial charge is 0.257 e. The molecule has 1 aromatic rings. The van der Waals surface area contributed by atoms with Crippen molar-refractivity contribution in [2.75, 3.05) is 6.79 Å². The Kier molecular flexibility index (Phi) is 2.99. The van der Waals surface area contributed by atoms with Crippen molar-refractivity contribution in [1.29, 1.82) is 0 Å². The first-order chi connectivity index (χ1) is 8.08. The molecule has 1 N–H and O–H groups in total. The molecular weight excluding hydrogens is 222 g/mol. The van der Waals surface area contributed by atoms with Gasteiger partial charge in [0.05, 0.1) is 0 Å². The van der Waals surface area contributed by atoms with E-state index < -0.39 is 5.91 Å². The summed E-state index contributed by atoms with van der Waals surface area (Å²) in [5.41, 5.74) is 0.378. The highest BCUT2D eigenvalue weighted by atomic mass is 16.7. The van der Waals surface area contributed by atoms with Crippen molar-refractivity contribution in [2.24, 2.45) is 5.92 Å². The van der Waals surface area contributed by atoms with Crippen molar-refractivity contribution in [3.8, 4) is 11.5 Å². The maximum absolute atomic E-state index is 11.7. The number of imide groups is 1. The summed E-state index contributed by atoms with van der Waals surface area (Å²) in [5, 5.41) is 2.31. The molecule has 17 heavy (non-hydrogen) atoms. The molecule has 1 heterocycles. The van der Waals surface area contributed by atoms with Crippen LogP contribution in [0.25, 0.3) is 0 Å². The number of fused-ring (bicyclic) bond motifs is 1. The summed E-state index contributed by atoms with van der Waals surface area (Å²) >= 11 is 0. The van der Waals surface area contributed by atoms with Gasteiger partial charge in [-0.05, 0) is 18.2 Å². The van der Waals surface area contributed by atoms with E-state index in [9.17, 15) is 9.59 Å². The number of amides is 2. The highest BCUT2D eigenvalue weighted by molar-refractivity contribution is 6.05. The van der Waals surface area contributed by atoms with E-state index in [0.29, 0.717) is 17.1 Å². The first-order valence-electron chi connectivity index (χ1n) is 5.33. The lowest BCUT2D eigenvalue weighted by molar-refractivity contribution is -0.122. The third-order valence-electron chi connectivity index (χ3n) is 2.40. The molecule has 0 saturated carbocycles. The Morgan fingerprint density at radius 1 is 1.24 bits per heavy atom. The van der Waals surface area contributed by atoms with Crippen LogP contribution in [0.2, 0.25) is 0 Å². The minimum Gasteiger partial charge on any atom is -0.454 e. The first kappa shape index (κ1) is 11.4. The van der Waals surface area contributed by atoms with Crippen LogP contribution in [0.3, 0.4) is 0 Å². The van der Waals surface area contributed by atoms with Crippen molar-refractivity contribution in [1.82, 2.24) is 5.32 Å². The molecule has 0 aromatic heterocycles. The average molecular weight is 235 g/mol. The molecular formula is C12H13NO4. The maximum Gasteiger partial charge on any atom is 0.257 e. The van der Waals surface area contributed by atoms with Gasteiger partial charge in [0.25, 0.3) is 5.91 Å². The molecule has 1 aliphatic heterocycles. The van der Waals surface area contributed by atoms with Gasteiger partial charge >= 0.3 is 0 Å². The molecule has 5 nitrogen and oxygen atoms in total. The van der Waals surface area contributed by atoms with Crippen molar-refractivity contribution in [2.45, 2.75) is 13.8 Å². The maximum atomic E-state index is 11.7. The SMILES string of the molecule is CC(C)C(=O)NC(=O)c1ccc2c(c1)OCO2. The lowest BCUT2D eigenvalue weighted by atomic mass is 10.1. The summed E-state index contributed by atoms with van der Waals surface area (Å²) < 4.78 is 10.3. The molecule has 2 amide bonds. The van der Waals surface area contributed by atoms with Crippen molar-refractivity contribution < 1.29 is 19.1 Å². The lowest BCUT2D eigenvalue weighted by Gasteiger charge is -2.06. The molecule has 0 aliphatic carbocycles. The molecule has 0 spiro atoms. The van der Waals surface area contributed by atoms with Crippen molar-refractivity contribution >= 4 is 11.8 Å². The van der Waals surface area contributed by atoms with E-state index in [-0.39, 0.29) is 18.6 Å². The molecule has 0 saturated heterocycles. The molecule has 0 fully saturated rings. The number of carbonyl (C=O) groups excluding carboxylic acids is 2. The molecule has 0 bridgehead atoms. The van der Waals surface area contributed by atoms with Gasteiger partial charge in [0, 0.05) is 11.5 Å². The highest BCUT2D eigenvalue weighted by Gasteiger charge is 2.18. The minimum atomic E-state index is -0.429. The predicted octanol–water partition coefficient (Wildman–Crippen LogP) is 1.33. The minimum absolute atomic E-state index is 0.158. The molecule has 90 valence electrons. The molecule has 0 radical (unpaired) electrons. The fraction of sp³-hybridized carbons (Fsp3) is 0.333. The van der Waals surface area contributed by atoms with E-state index in [2.05, 4.69) is 5.32 Å². The van der Waals surface area contributed by atoms with Gasteiger partial charge in [-0.2, -0.15) is 0 Å². The van der Waals surface area contributed by atoms with Crippen LogP contribution in [0, 0.1) is 5.92 Å². The number of hydrogen-bond acceptors (Lipinski definition) is 4. The van der Waals surface area contributed by atoms with Crippen LogP contribution < -0.4 is 14.8 Å². The zero-order chi connectivity index (χ0) is 12.4. The van der Waals surface area contributed by atoms with E-state index in [1.807, 2.05) is 0 Å². The van der Waals surface area contributed by atoms with Gasteiger partial charge in [0.15, 0.2) is 11.5 Å². The standard InChI is InChI=1S/C12H13NO4/c1-7(2)11(14)13-12(15)8-3-4-9-10(5-8)17-6-16-9/h3-5,7H,6H2,1-2H3,(H,13,14,15). The van der Waals surface area contributed by atoms with Gasteiger partial charge < -0.3 is 9.47 Å². The normalized spacial score (nSPS) is 12.6. The van der Waals surface area contributed by atoms with Crippen LogP contribution in [0.5, 0.6) is 11.5 Å². The predicted molar refractivity (Wildman–Crippen MR) is 59.9 cm³/mol. The van der Waals surface area contributed by atoms with Gasteiger partial charge in [0.2, 0.25) is 12.7 Å². The molecule has 1 aromatic carbocycles. The average Bonchev–Trinajstić information content (AvgIpc) is 2.75. The molecule has 1 aliphatic rings. The molecule has 2 rings (SSSR count). The van der Waals surface area contributed by atoms with Gasteiger partial charge in [-0.25, -0.2) is 0 Å². The largest absolute Gasteiger partial charge is 0.454 e. The van der Waals surface area contributed by atoms with Crippen molar-refractivity contribution in [3.63, 3.8) is 0 Å². The van der Waals surface area contributed by atoms with Gasteiger partial charge in [0.1, 0.15) is 0 Å². The van der Waals surface area contributed by atoms with E-state index in [1.165, 1.54) is 0 Å².